The van der Waals surface area contributed by atoms with Crippen LogP contribution in [0, 0.1) is 29.5 Å². The number of pyridine rings is 1. The van der Waals surface area contributed by atoms with Crippen LogP contribution in [0.4, 0.5) is 28.9 Å². The summed E-state index contributed by atoms with van der Waals surface area (Å²) >= 11 is 13.6. The van der Waals surface area contributed by atoms with Crippen molar-refractivity contribution in [2.45, 2.75) is 91.1 Å². The Morgan fingerprint density at radius 3 is 2.39 bits per heavy atom. The van der Waals surface area contributed by atoms with Crippen LogP contribution in [0.3, 0.4) is 0 Å². The van der Waals surface area contributed by atoms with E-state index in [-0.39, 0.29) is 66.6 Å². The molecule has 2 aliphatic rings. The van der Waals surface area contributed by atoms with Crippen LogP contribution >= 0.6 is 35.2 Å². The van der Waals surface area contributed by atoms with Gasteiger partial charge in [-0.3, -0.25) is 24.1 Å². The molecule has 2 N–H and O–H groups in total. The summed E-state index contributed by atoms with van der Waals surface area (Å²) in [5, 5.41) is 14.6. The van der Waals surface area contributed by atoms with Gasteiger partial charge < -0.3 is 34.6 Å². The molecular weight excluding hydrogens is 964 g/mol. The number of nitrogens with one attached hydrogen (secondary N) is 2. The molecule has 368 valence electrons. The molecule has 2 saturated heterocycles. The Bertz CT molecular complexity index is 2620. The second kappa shape index (κ2) is 21.9. The molecule has 6 rings (SSSR count). The van der Waals surface area contributed by atoms with E-state index in [4.69, 9.17) is 43.3 Å². The number of nitriles is 1. The van der Waals surface area contributed by atoms with Gasteiger partial charge in [-0.1, -0.05) is 56.6 Å². The summed E-state index contributed by atoms with van der Waals surface area (Å²) in [6.45, 7) is 11.3. The molecule has 0 aliphatic carbocycles. The summed E-state index contributed by atoms with van der Waals surface area (Å²) in [5.74, 6) is -3.66. The number of nitrogens with zero attached hydrogens (tertiary/aromatic N) is 6. The summed E-state index contributed by atoms with van der Waals surface area (Å²) in [5.41, 5.74) is -0.909. The van der Waals surface area contributed by atoms with E-state index in [9.17, 15) is 32.3 Å². The van der Waals surface area contributed by atoms with Crippen LogP contribution in [-0.2, 0) is 41.4 Å². The SMILES string of the molecule is Cc1ncsc1-c1ccc(CNC(=O)[C@@H]2CCCN2C(=O)[C@@H](NC(=O)COCCOCCCOc2cc(Cl)c(N3C(=S)N(c4ccc(C#N)c(C(F)(F)F)c4F)C(=O)C3(C)C)cn2)C(C)(C)C)cc1. The Morgan fingerprint density at radius 2 is 1.75 bits per heavy atom. The average Bonchev–Trinajstić information content (AvgIpc) is 4.00. The third-order valence-electron chi connectivity index (χ3n) is 11.5. The molecule has 69 heavy (non-hydrogen) atoms. The van der Waals surface area contributed by atoms with Crippen molar-refractivity contribution < 1.29 is 51.0 Å². The smallest absolute Gasteiger partial charge is 0.420 e. The zero-order valence-electron chi connectivity index (χ0n) is 38.7. The third kappa shape index (κ3) is 12.0. The van der Waals surface area contributed by atoms with Gasteiger partial charge in [0.1, 0.15) is 29.8 Å². The molecule has 22 heteroatoms. The molecule has 2 fully saturated rings. The highest BCUT2D eigenvalue weighted by molar-refractivity contribution is 7.81. The van der Waals surface area contributed by atoms with E-state index in [2.05, 4.69) is 20.6 Å². The minimum Gasteiger partial charge on any atom is -0.478 e. The number of anilines is 2. The number of carbonyl (C=O) groups excluding carboxylic acids is 4. The van der Waals surface area contributed by atoms with Crippen LogP contribution in [-0.4, -0.2) is 101 Å². The number of hydrogen-bond acceptors (Lipinski definition) is 12. The van der Waals surface area contributed by atoms with Gasteiger partial charge in [0.2, 0.25) is 23.6 Å². The van der Waals surface area contributed by atoms with Crippen molar-refractivity contribution in [2.24, 2.45) is 5.41 Å². The summed E-state index contributed by atoms with van der Waals surface area (Å²) in [6.07, 6.45) is -2.39. The Kier molecular flexibility index (Phi) is 16.7. The maximum atomic E-state index is 15.4. The molecule has 2 aromatic carbocycles. The Morgan fingerprint density at radius 1 is 1.04 bits per heavy atom. The number of amides is 4. The number of rotatable bonds is 18. The van der Waals surface area contributed by atoms with E-state index in [1.54, 1.807) is 21.7 Å². The van der Waals surface area contributed by atoms with E-state index < -0.39 is 63.7 Å². The number of thiocarbonyl (C=S) groups is 1. The van der Waals surface area contributed by atoms with Gasteiger partial charge in [0, 0.05) is 32.2 Å². The fourth-order valence-electron chi connectivity index (χ4n) is 7.87. The fourth-order valence-corrected chi connectivity index (χ4v) is 9.42. The van der Waals surface area contributed by atoms with E-state index in [0.29, 0.717) is 37.3 Å². The molecule has 4 heterocycles. The summed E-state index contributed by atoms with van der Waals surface area (Å²) < 4.78 is 73.5. The van der Waals surface area contributed by atoms with E-state index in [0.717, 1.165) is 33.8 Å². The highest BCUT2D eigenvalue weighted by Gasteiger charge is 2.52. The molecule has 4 amide bonds. The minimum atomic E-state index is -5.22. The summed E-state index contributed by atoms with van der Waals surface area (Å²) in [6, 6.07) is 10.7. The zero-order chi connectivity index (χ0) is 50.4. The van der Waals surface area contributed by atoms with Crippen LogP contribution in [0.1, 0.15) is 76.3 Å². The van der Waals surface area contributed by atoms with E-state index in [1.807, 2.05) is 52.0 Å². The van der Waals surface area contributed by atoms with E-state index >= 15 is 4.39 Å². The first-order valence-electron chi connectivity index (χ1n) is 21.9. The molecule has 0 spiro atoms. The Hall–Kier alpha value is -5.79. The second-order valence-electron chi connectivity index (χ2n) is 17.8. The van der Waals surface area contributed by atoms with Crippen molar-refractivity contribution >= 4 is 75.3 Å². The first kappa shape index (κ1) is 52.6. The fraction of sp³-hybridized carbons (Fsp3) is 0.447. The molecule has 15 nitrogen and oxygen atoms in total. The lowest BCUT2D eigenvalue weighted by Crippen LogP contribution is -2.58. The summed E-state index contributed by atoms with van der Waals surface area (Å²) in [4.78, 5) is 66.9. The first-order valence-corrected chi connectivity index (χ1v) is 23.5. The first-order chi connectivity index (χ1) is 32.6. The molecule has 2 atom stereocenters. The topological polar surface area (TPSA) is 179 Å². The van der Waals surface area contributed by atoms with Crippen molar-refractivity contribution in [3.63, 3.8) is 0 Å². The summed E-state index contributed by atoms with van der Waals surface area (Å²) in [7, 11) is 0. The van der Waals surface area contributed by atoms with Gasteiger partial charge >= 0.3 is 6.18 Å². The predicted molar refractivity (Wildman–Crippen MR) is 254 cm³/mol. The molecule has 0 radical (unpaired) electrons. The van der Waals surface area contributed by atoms with Gasteiger partial charge in [-0.15, -0.1) is 11.3 Å². The number of alkyl halides is 3. The number of carbonyl (C=O) groups is 4. The third-order valence-corrected chi connectivity index (χ3v) is 13.1. The number of aromatic nitrogens is 2. The van der Waals surface area contributed by atoms with Crippen LogP contribution < -0.4 is 25.2 Å². The molecular formula is C47H51ClF4N8O7S2. The minimum absolute atomic E-state index is 0.0247. The monoisotopic (exact) mass is 1010 g/mol. The number of thiazole rings is 1. The number of likely N-dealkylation sites (tertiary alicyclic amines) is 1. The quantitative estimate of drug-likeness (QED) is 0.0563. The highest BCUT2D eigenvalue weighted by Crippen LogP contribution is 2.43. The van der Waals surface area contributed by atoms with Crippen LogP contribution in [0.2, 0.25) is 5.02 Å². The standard InChI is InChI=1S/C47H51ClF4N8O7S2/c1-27-39(69-26-56-27)29-12-10-28(11-13-29)23-55-41(62)33-9-7-16-58(33)42(63)40(45(2,3)4)57-35(61)25-66-20-19-65-17-8-18-67-36-21-31(48)34(24-54-36)60-44(68)59(43(64)46(60,5)6)32-15-14-30(22-53)37(38(32)49)47(50,51)52/h10-15,21,24,26,33,40H,7-9,16-20,23,25H2,1-6H3,(H,55,62)(H,57,61)/t33-,40+/m0/s1. The van der Waals surface area contributed by atoms with Crippen LogP contribution in [0.25, 0.3) is 10.4 Å². The van der Waals surface area contributed by atoms with Gasteiger partial charge in [-0.05, 0) is 74.5 Å². The van der Waals surface area contributed by atoms with Crippen molar-refractivity contribution in [2.75, 3.05) is 49.4 Å². The number of benzene rings is 2. The largest absolute Gasteiger partial charge is 0.478 e. The van der Waals surface area contributed by atoms with Crippen LogP contribution in [0.15, 0.2) is 54.2 Å². The highest BCUT2D eigenvalue weighted by atomic mass is 35.5. The number of hydrogen-bond donors (Lipinski definition) is 2. The number of aryl methyl sites for hydroxylation is 1. The van der Waals surface area contributed by atoms with Crippen LogP contribution in [0.5, 0.6) is 5.88 Å². The van der Waals surface area contributed by atoms with Crippen molar-refractivity contribution in [1.29, 1.82) is 5.26 Å². The lowest BCUT2D eigenvalue weighted by molar-refractivity contribution is -0.144. The van der Waals surface area contributed by atoms with Gasteiger partial charge in [0.05, 0.1) is 70.1 Å². The molecule has 0 unspecified atom stereocenters. The van der Waals surface area contributed by atoms with Crippen molar-refractivity contribution in [1.82, 2.24) is 25.5 Å². The normalized spacial score (nSPS) is 16.4. The Balaban J connectivity index is 0.913. The van der Waals surface area contributed by atoms with Crippen molar-refractivity contribution in [3.8, 4) is 22.4 Å². The van der Waals surface area contributed by atoms with Crippen molar-refractivity contribution in [3.05, 3.63) is 87.4 Å². The molecule has 0 saturated carbocycles. The van der Waals surface area contributed by atoms with Gasteiger partial charge in [0.25, 0.3) is 5.91 Å². The Labute approximate surface area is 411 Å². The zero-order valence-corrected chi connectivity index (χ0v) is 41.1. The van der Waals surface area contributed by atoms with Gasteiger partial charge in [-0.25, -0.2) is 14.4 Å². The maximum absolute atomic E-state index is 15.4. The lowest BCUT2D eigenvalue weighted by Gasteiger charge is -2.35. The maximum Gasteiger partial charge on any atom is 0.420 e. The van der Waals surface area contributed by atoms with E-state index in [1.165, 1.54) is 37.1 Å². The predicted octanol–water partition coefficient (Wildman–Crippen LogP) is 7.75. The number of halogens is 5. The lowest BCUT2D eigenvalue weighted by atomic mass is 9.85. The second-order valence-corrected chi connectivity index (χ2v) is 19.5. The average molecular weight is 1020 g/mol. The van der Waals surface area contributed by atoms with Gasteiger partial charge in [-0.2, -0.15) is 18.4 Å². The molecule has 0 bridgehead atoms. The number of ether oxygens (including phenoxy) is 3. The van der Waals surface area contributed by atoms with Gasteiger partial charge in [0.15, 0.2) is 10.9 Å². The molecule has 2 aromatic heterocycles. The molecule has 4 aromatic rings. The molecule has 2 aliphatic heterocycles.